The number of rotatable bonds is 4. The molecule has 0 amide bonds. The van der Waals surface area contributed by atoms with Crippen molar-refractivity contribution in [3.8, 4) is 0 Å². The minimum absolute atomic E-state index is 0.282. The minimum atomic E-state index is -3.55. The van der Waals surface area contributed by atoms with Crippen LogP contribution in [0.1, 0.15) is 5.56 Å². The summed E-state index contributed by atoms with van der Waals surface area (Å²) < 4.78 is 28.1. The fraction of sp³-hybridized carbons (Fsp3) is 0.231. The predicted octanol–water partition coefficient (Wildman–Crippen LogP) is 3.69. The van der Waals surface area contributed by atoms with Gasteiger partial charge in [-0.25, -0.2) is 8.42 Å². The first kappa shape index (κ1) is 15.3. The number of nitrogens with one attached hydrogen (secondary N) is 1. The third-order valence-electron chi connectivity index (χ3n) is 2.77. The number of nitrogens with zero attached hydrogens (tertiary/aromatic N) is 1. The van der Waals surface area contributed by atoms with Crippen molar-refractivity contribution in [1.29, 1.82) is 0 Å². The molecule has 7 heteroatoms. The van der Waals surface area contributed by atoms with E-state index in [9.17, 15) is 8.42 Å². The van der Waals surface area contributed by atoms with Crippen molar-refractivity contribution in [3.05, 3.63) is 39.7 Å². The molecule has 0 saturated carbocycles. The normalized spacial score (nSPS) is 11.4. The first-order chi connectivity index (χ1) is 9.31. The van der Waals surface area contributed by atoms with Gasteiger partial charge in [0.05, 0.1) is 5.69 Å². The van der Waals surface area contributed by atoms with Gasteiger partial charge in [0.25, 0.3) is 10.0 Å². The van der Waals surface area contributed by atoms with Crippen LogP contribution in [0.5, 0.6) is 0 Å². The first-order valence-electron chi connectivity index (χ1n) is 5.85. The highest BCUT2D eigenvalue weighted by Crippen LogP contribution is 2.30. The Hall–Kier alpha value is -1.05. The van der Waals surface area contributed by atoms with Gasteiger partial charge in [-0.15, -0.1) is 11.3 Å². The Morgan fingerprint density at radius 3 is 2.50 bits per heavy atom. The van der Waals surface area contributed by atoms with Crippen LogP contribution in [0.15, 0.2) is 38.3 Å². The molecule has 1 N–H and O–H groups in total. The number of hydrogen-bond donors (Lipinski definition) is 1. The minimum Gasteiger partial charge on any atom is -0.377 e. The number of hydrogen-bond acceptors (Lipinski definition) is 4. The highest BCUT2D eigenvalue weighted by molar-refractivity contribution is 9.10. The number of halogens is 1. The van der Waals surface area contributed by atoms with E-state index in [0.717, 1.165) is 11.3 Å². The molecule has 0 spiro atoms. The standard InChI is InChI=1S/C13H15BrN2O2S2/c1-9-4-5-10(8-12(9)16(2)3)15-20(17,18)13-11(14)6-7-19-13/h4-8,15H,1-3H3. The van der Waals surface area contributed by atoms with E-state index >= 15 is 0 Å². The van der Waals surface area contributed by atoms with Gasteiger partial charge in [0, 0.05) is 24.3 Å². The maximum Gasteiger partial charge on any atom is 0.272 e. The van der Waals surface area contributed by atoms with Crippen molar-refractivity contribution in [2.75, 3.05) is 23.7 Å². The Bertz CT molecular complexity index is 724. The van der Waals surface area contributed by atoms with Gasteiger partial charge in [-0.3, -0.25) is 4.72 Å². The van der Waals surface area contributed by atoms with E-state index in [2.05, 4.69) is 20.7 Å². The molecule has 108 valence electrons. The van der Waals surface area contributed by atoms with Crippen molar-refractivity contribution in [2.24, 2.45) is 0 Å². The second-order valence-electron chi connectivity index (χ2n) is 4.56. The van der Waals surface area contributed by atoms with Gasteiger partial charge in [-0.2, -0.15) is 0 Å². The quantitative estimate of drug-likeness (QED) is 0.887. The smallest absolute Gasteiger partial charge is 0.272 e. The molecule has 4 nitrogen and oxygen atoms in total. The van der Waals surface area contributed by atoms with Crippen LogP contribution in [0.4, 0.5) is 11.4 Å². The SMILES string of the molecule is Cc1ccc(NS(=O)(=O)c2sccc2Br)cc1N(C)C. The van der Waals surface area contributed by atoms with E-state index in [1.54, 1.807) is 17.5 Å². The fourth-order valence-electron chi connectivity index (χ4n) is 1.83. The van der Waals surface area contributed by atoms with E-state index in [0.29, 0.717) is 10.2 Å². The second kappa shape index (κ2) is 5.75. The van der Waals surface area contributed by atoms with Crippen molar-refractivity contribution >= 4 is 48.7 Å². The Kier molecular flexibility index (Phi) is 4.41. The molecule has 20 heavy (non-hydrogen) atoms. The van der Waals surface area contributed by atoms with Crippen molar-refractivity contribution in [1.82, 2.24) is 0 Å². The van der Waals surface area contributed by atoms with Crippen molar-refractivity contribution in [2.45, 2.75) is 11.1 Å². The molecule has 2 rings (SSSR count). The summed E-state index contributed by atoms with van der Waals surface area (Å²) >= 11 is 4.43. The van der Waals surface area contributed by atoms with Crippen LogP contribution in [0.3, 0.4) is 0 Å². The van der Waals surface area contributed by atoms with E-state index in [1.807, 2.05) is 38.1 Å². The number of benzene rings is 1. The third kappa shape index (κ3) is 3.16. The van der Waals surface area contributed by atoms with Crippen LogP contribution in [-0.4, -0.2) is 22.5 Å². The summed E-state index contributed by atoms with van der Waals surface area (Å²) in [5, 5.41) is 1.74. The van der Waals surface area contributed by atoms with Crippen LogP contribution in [0.25, 0.3) is 0 Å². The zero-order valence-electron chi connectivity index (χ0n) is 11.3. The van der Waals surface area contributed by atoms with Crippen LogP contribution in [-0.2, 0) is 10.0 Å². The fourth-order valence-corrected chi connectivity index (χ4v) is 5.22. The van der Waals surface area contributed by atoms with Crippen LogP contribution in [0.2, 0.25) is 0 Å². The largest absolute Gasteiger partial charge is 0.377 e. The number of aryl methyl sites for hydroxylation is 1. The summed E-state index contributed by atoms with van der Waals surface area (Å²) in [7, 11) is 0.301. The molecule has 0 bridgehead atoms. The third-order valence-corrected chi connectivity index (χ3v) is 6.82. The Morgan fingerprint density at radius 2 is 1.95 bits per heavy atom. The summed E-state index contributed by atoms with van der Waals surface area (Å²) in [6.07, 6.45) is 0. The average Bonchev–Trinajstić information content (AvgIpc) is 2.78. The zero-order chi connectivity index (χ0) is 14.9. The van der Waals surface area contributed by atoms with Gasteiger partial charge in [0.15, 0.2) is 4.21 Å². The molecular formula is C13H15BrN2O2S2. The summed E-state index contributed by atoms with van der Waals surface area (Å²) in [6.45, 7) is 1.99. The number of thiophene rings is 1. The summed E-state index contributed by atoms with van der Waals surface area (Å²) in [5.74, 6) is 0. The molecule has 0 atom stereocenters. The lowest BCUT2D eigenvalue weighted by Gasteiger charge is -2.17. The topological polar surface area (TPSA) is 49.4 Å². The molecule has 1 aromatic carbocycles. The molecule has 0 aliphatic rings. The Labute approximate surface area is 131 Å². The van der Waals surface area contributed by atoms with Crippen molar-refractivity contribution < 1.29 is 8.42 Å². The van der Waals surface area contributed by atoms with Crippen LogP contribution < -0.4 is 9.62 Å². The summed E-state index contributed by atoms with van der Waals surface area (Å²) in [6, 6.07) is 7.21. The number of sulfonamides is 1. The van der Waals surface area contributed by atoms with Crippen molar-refractivity contribution in [3.63, 3.8) is 0 Å². The van der Waals surface area contributed by atoms with Gasteiger partial charge in [0.1, 0.15) is 0 Å². The molecule has 0 saturated heterocycles. The summed E-state index contributed by atoms with van der Waals surface area (Å²) in [5.41, 5.74) is 2.63. The molecule has 1 heterocycles. The maximum atomic E-state index is 12.3. The van der Waals surface area contributed by atoms with E-state index in [1.165, 1.54) is 11.3 Å². The highest BCUT2D eigenvalue weighted by atomic mass is 79.9. The monoisotopic (exact) mass is 374 g/mol. The van der Waals surface area contributed by atoms with Gasteiger partial charge in [-0.1, -0.05) is 6.07 Å². The molecule has 0 aliphatic carbocycles. The molecule has 1 aromatic heterocycles. The zero-order valence-corrected chi connectivity index (χ0v) is 14.6. The first-order valence-corrected chi connectivity index (χ1v) is 9.00. The van der Waals surface area contributed by atoms with Crippen LogP contribution >= 0.6 is 27.3 Å². The van der Waals surface area contributed by atoms with E-state index < -0.39 is 10.0 Å². The summed E-state index contributed by atoms with van der Waals surface area (Å²) in [4.78, 5) is 1.95. The molecule has 0 aliphatic heterocycles. The van der Waals surface area contributed by atoms with E-state index in [4.69, 9.17) is 0 Å². The predicted molar refractivity (Wildman–Crippen MR) is 88.3 cm³/mol. The van der Waals surface area contributed by atoms with E-state index in [-0.39, 0.29) is 4.21 Å². The van der Waals surface area contributed by atoms with Gasteiger partial charge < -0.3 is 4.90 Å². The van der Waals surface area contributed by atoms with Gasteiger partial charge in [0.2, 0.25) is 0 Å². The highest BCUT2D eigenvalue weighted by Gasteiger charge is 2.19. The molecule has 0 radical (unpaired) electrons. The van der Waals surface area contributed by atoms with Gasteiger partial charge in [-0.05, 0) is 52.0 Å². The molecule has 0 fully saturated rings. The molecule has 2 aromatic rings. The maximum absolute atomic E-state index is 12.3. The number of anilines is 2. The van der Waals surface area contributed by atoms with Crippen LogP contribution in [0, 0.1) is 6.92 Å². The average molecular weight is 375 g/mol. The Balaban J connectivity index is 2.35. The lowest BCUT2D eigenvalue weighted by Crippen LogP contribution is -2.14. The van der Waals surface area contributed by atoms with Gasteiger partial charge >= 0.3 is 0 Å². The molecular weight excluding hydrogens is 360 g/mol. The Morgan fingerprint density at radius 1 is 1.25 bits per heavy atom. The second-order valence-corrected chi connectivity index (χ2v) is 8.21. The lowest BCUT2D eigenvalue weighted by atomic mass is 10.2. The lowest BCUT2D eigenvalue weighted by molar-refractivity contribution is 0.603. The molecule has 0 unspecified atom stereocenters.